The van der Waals surface area contributed by atoms with Crippen LogP contribution in [-0.2, 0) is 20.4 Å². The monoisotopic (exact) mass is 349 g/mol. The number of aromatic nitrogens is 2. The van der Waals surface area contributed by atoms with E-state index in [1.54, 1.807) is 18.9 Å². The van der Waals surface area contributed by atoms with Crippen molar-refractivity contribution in [2.24, 2.45) is 0 Å². The molecule has 1 aromatic rings. The molecular weight excluding hydrogens is 327 g/mol. The Bertz CT molecular complexity index is 548. The van der Waals surface area contributed by atoms with E-state index in [1.807, 2.05) is 0 Å². The first kappa shape index (κ1) is 18.7. The van der Waals surface area contributed by atoms with Crippen molar-refractivity contribution in [3.05, 3.63) is 17.5 Å². The molecule has 1 aliphatic rings. The van der Waals surface area contributed by atoms with Crippen molar-refractivity contribution in [2.45, 2.75) is 38.0 Å². The topological polar surface area (TPSA) is 67.5 Å². The molecule has 9 heteroatoms. The average Bonchev–Trinajstić information content (AvgIpc) is 3.04. The molecule has 24 heavy (non-hydrogen) atoms. The summed E-state index contributed by atoms with van der Waals surface area (Å²) in [6, 6.07) is 1.02. The third-order valence-electron chi connectivity index (χ3n) is 4.06. The van der Waals surface area contributed by atoms with Crippen molar-refractivity contribution in [1.29, 1.82) is 0 Å². The molecule has 2 rings (SSSR count). The van der Waals surface area contributed by atoms with Crippen LogP contribution in [0, 0.1) is 0 Å². The number of nitrogens with one attached hydrogen (secondary N) is 1. The fraction of sp³-hybridized carbons (Fsp3) is 0.733. The van der Waals surface area contributed by atoms with Gasteiger partial charge >= 0.3 is 6.18 Å². The third kappa shape index (κ3) is 4.70. The van der Waals surface area contributed by atoms with Gasteiger partial charge in [0.15, 0.2) is 5.69 Å². The van der Waals surface area contributed by atoms with E-state index in [0.717, 1.165) is 12.5 Å². The van der Waals surface area contributed by atoms with E-state index >= 15 is 0 Å². The molecule has 1 amide bonds. The molecule has 0 bridgehead atoms. The van der Waals surface area contributed by atoms with Crippen LogP contribution in [0.2, 0.25) is 0 Å². The minimum absolute atomic E-state index is 0.161. The summed E-state index contributed by atoms with van der Waals surface area (Å²) in [7, 11) is 1.55. The second-order valence-corrected chi connectivity index (χ2v) is 5.84. The third-order valence-corrected chi connectivity index (χ3v) is 4.06. The zero-order chi connectivity index (χ0) is 17.7. The molecule has 2 atom stereocenters. The molecule has 2 heterocycles. The minimum Gasteiger partial charge on any atom is -0.382 e. The normalized spacial score (nSPS) is 20.2. The first-order chi connectivity index (χ1) is 11.3. The Balaban J connectivity index is 1.96. The predicted molar refractivity (Wildman–Crippen MR) is 79.4 cm³/mol. The van der Waals surface area contributed by atoms with Gasteiger partial charge in [0.2, 0.25) is 0 Å². The SMILES string of the molecule is COCCOC(C)C(=O)N1CCCC(c2cc(C(F)(F)F)n[nH]2)C1. The highest BCUT2D eigenvalue weighted by Gasteiger charge is 2.35. The van der Waals surface area contributed by atoms with Crippen LogP contribution in [0.4, 0.5) is 13.2 Å². The fourth-order valence-electron chi connectivity index (χ4n) is 2.76. The molecule has 0 radical (unpaired) electrons. The molecule has 0 spiro atoms. The largest absolute Gasteiger partial charge is 0.435 e. The van der Waals surface area contributed by atoms with Crippen LogP contribution in [0.1, 0.15) is 37.1 Å². The number of rotatable bonds is 6. The van der Waals surface area contributed by atoms with E-state index in [-0.39, 0.29) is 11.8 Å². The van der Waals surface area contributed by atoms with Gasteiger partial charge in [-0.2, -0.15) is 18.3 Å². The predicted octanol–water partition coefficient (Wildman–Crippen LogP) is 2.19. The Morgan fingerprint density at radius 2 is 2.25 bits per heavy atom. The number of hydrogen-bond donors (Lipinski definition) is 1. The number of carbonyl (C=O) groups excluding carboxylic acids is 1. The standard InChI is InChI=1S/C15H22F3N3O3/c1-10(24-7-6-23-2)14(22)21-5-3-4-11(9-21)12-8-13(20-19-12)15(16,17)18/h8,10-11H,3-7,9H2,1-2H3,(H,19,20). The Morgan fingerprint density at radius 3 is 2.88 bits per heavy atom. The smallest absolute Gasteiger partial charge is 0.382 e. The molecule has 136 valence electrons. The number of piperidine rings is 1. The summed E-state index contributed by atoms with van der Waals surface area (Å²) in [5, 5.41) is 5.78. The van der Waals surface area contributed by atoms with E-state index in [0.29, 0.717) is 38.4 Å². The molecule has 0 saturated carbocycles. The average molecular weight is 349 g/mol. The molecule has 1 aromatic heterocycles. The number of H-pyrrole nitrogens is 1. The summed E-state index contributed by atoms with van der Waals surface area (Å²) < 4.78 is 48.2. The summed E-state index contributed by atoms with van der Waals surface area (Å²) in [5.41, 5.74) is -0.523. The van der Waals surface area contributed by atoms with Gasteiger partial charge in [-0.15, -0.1) is 0 Å². The van der Waals surface area contributed by atoms with Crippen molar-refractivity contribution in [3.8, 4) is 0 Å². The van der Waals surface area contributed by atoms with Crippen LogP contribution >= 0.6 is 0 Å². The van der Waals surface area contributed by atoms with Crippen molar-refractivity contribution in [2.75, 3.05) is 33.4 Å². The highest BCUT2D eigenvalue weighted by Crippen LogP contribution is 2.32. The van der Waals surface area contributed by atoms with E-state index in [4.69, 9.17) is 9.47 Å². The van der Waals surface area contributed by atoms with Crippen LogP contribution in [0.25, 0.3) is 0 Å². The lowest BCUT2D eigenvalue weighted by Gasteiger charge is -2.33. The maximum atomic E-state index is 12.7. The zero-order valence-corrected chi connectivity index (χ0v) is 13.7. The lowest BCUT2D eigenvalue weighted by atomic mass is 9.94. The molecule has 2 unspecified atom stereocenters. The van der Waals surface area contributed by atoms with E-state index < -0.39 is 18.0 Å². The Hall–Kier alpha value is -1.61. The molecule has 1 N–H and O–H groups in total. The highest BCUT2D eigenvalue weighted by atomic mass is 19.4. The Morgan fingerprint density at radius 1 is 1.50 bits per heavy atom. The number of halogens is 3. The number of carbonyl (C=O) groups is 1. The first-order valence-electron chi connectivity index (χ1n) is 7.84. The van der Waals surface area contributed by atoms with E-state index in [9.17, 15) is 18.0 Å². The zero-order valence-electron chi connectivity index (χ0n) is 13.7. The van der Waals surface area contributed by atoms with Crippen LogP contribution in [0.15, 0.2) is 6.07 Å². The molecular formula is C15H22F3N3O3. The fourth-order valence-corrected chi connectivity index (χ4v) is 2.76. The second-order valence-electron chi connectivity index (χ2n) is 5.84. The van der Waals surface area contributed by atoms with Crippen molar-refractivity contribution < 1.29 is 27.4 Å². The molecule has 1 fully saturated rings. The Kier molecular flexibility index (Phi) is 6.22. The van der Waals surface area contributed by atoms with Crippen LogP contribution < -0.4 is 0 Å². The summed E-state index contributed by atoms with van der Waals surface area (Å²) in [6.45, 7) is 3.31. The number of amides is 1. The quantitative estimate of drug-likeness (QED) is 0.800. The summed E-state index contributed by atoms with van der Waals surface area (Å²) in [4.78, 5) is 14.0. The molecule has 0 aliphatic carbocycles. The molecule has 1 saturated heterocycles. The summed E-state index contributed by atoms with van der Waals surface area (Å²) in [5.74, 6) is -0.344. The number of ether oxygens (including phenoxy) is 2. The Labute approximate surface area is 138 Å². The number of aromatic amines is 1. The van der Waals surface area contributed by atoms with Gasteiger partial charge in [-0.1, -0.05) is 0 Å². The van der Waals surface area contributed by atoms with Crippen molar-refractivity contribution in [1.82, 2.24) is 15.1 Å². The van der Waals surface area contributed by atoms with Gasteiger partial charge in [0.1, 0.15) is 6.10 Å². The van der Waals surface area contributed by atoms with Crippen molar-refractivity contribution >= 4 is 5.91 Å². The minimum atomic E-state index is -4.47. The first-order valence-corrected chi connectivity index (χ1v) is 7.84. The molecule has 1 aliphatic heterocycles. The number of likely N-dealkylation sites (tertiary alicyclic amines) is 1. The van der Waals surface area contributed by atoms with Crippen molar-refractivity contribution in [3.63, 3.8) is 0 Å². The molecule has 6 nitrogen and oxygen atoms in total. The van der Waals surface area contributed by atoms with Gasteiger partial charge in [-0.05, 0) is 25.8 Å². The van der Waals surface area contributed by atoms with Crippen LogP contribution in [-0.4, -0.2) is 60.5 Å². The maximum Gasteiger partial charge on any atom is 0.435 e. The van der Waals surface area contributed by atoms with Gasteiger partial charge in [-0.25, -0.2) is 0 Å². The number of nitrogens with zero attached hydrogens (tertiary/aromatic N) is 2. The van der Waals surface area contributed by atoms with Gasteiger partial charge in [0.05, 0.1) is 13.2 Å². The lowest BCUT2D eigenvalue weighted by molar-refractivity contribution is -0.144. The number of alkyl halides is 3. The maximum absolute atomic E-state index is 12.7. The number of hydrogen-bond acceptors (Lipinski definition) is 4. The van der Waals surface area contributed by atoms with Crippen LogP contribution in [0.3, 0.4) is 0 Å². The van der Waals surface area contributed by atoms with Gasteiger partial charge < -0.3 is 14.4 Å². The summed E-state index contributed by atoms with van der Waals surface area (Å²) >= 11 is 0. The summed E-state index contributed by atoms with van der Waals surface area (Å²) in [6.07, 6.45) is -3.64. The van der Waals surface area contributed by atoms with Gasteiger partial charge in [0.25, 0.3) is 5.91 Å². The second kappa shape index (κ2) is 7.98. The van der Waals surface area contributed by atoms with Gasteiger partial charge in [0, 0.05) is 31.8 Å². The van der Waals surface area contributed by atoms with E-state index in [2.05, 4.69) is 10.2 Å². The van der Waals surface area contributed by atoms with Crippen LogP contribution in [0.5, 0.6) is 0 Å². The lowest BCUT2D eigenvalue weighted by Crippen LogP contribution is -2.44. The molecule has 0 aromatic carbocycles. The van der Waals surface area contributed by atoms with E-state index in [1.165, 1.54) is 0 Å². The van der Waals surface area contributed by atoms with Gasteiger partial charge in [-0.3, -0.25) is 9.89 Å². The highest BCUT2D eigenvalue weighted by molar-refractivity contribution is 5.80. The number of methoxy groups -OCH3 is 1.